The number of unbranched alkanes of at least 4 members (excludes halogenated alkanes) is 2. The lowest BCUT2D eigenvalue weighted by Crippen LogP contribution is -2.14. The smallest absolute Gasteiger partial charge is 0.137 e. The van der Waals surface area contributed by atoms with Crippen molar-refractivity contribution in [2.24, 2.45) is 0 Å². The average Bonchev–Trinajstić information content (AvgIpc) is 2.32. The summed E-state index contributed by atoms with van der Waals surface area (Å²) in [7, 11) is 0. The highest BCUT2D eigenvalue weighted by Gasteiger charge is 2.00. The molecule has 0 heterocycles. The van der Waals surface area contributed by atoms with Gasteiger partial charge in [-0.1, -0.05) is 6.92 Å². The van der Waals surface area contributed by atoms with Gasteiger partial charge in [0.1, 0.15) is 11.6 Å². The van der Waals surface area contributed by atoms with Gasteiger partial charge >= 0.3 is 0 Å². The molecular formula is C13H19BrFNO. The zero-order chi connectivity index (χ0) is 12.5. The van der Waals surface area contributed by atoms with Crippen LogP contribution in [0.4, 0.5) is 4.39 Å². The van der Waals surface area contributed by atoms with Crippen molar-refractivity contribution in [1.29, 1.82) is 0 Å². The maximum absolute atomic E-state index is 13.0. The summed E-state index contributed by atoms with van der Waals surface area (Å²) in [4.78, 5) is 0. The van der Waals surface area contributed by atoms with Crippen LogP contribution in [0, 0.1) is 5.82 Å². The molecule has 4 heteroatoms. The van der Waals surface area contributed by atoms with Crippen LogP contribution in [0.5, 0.6) is 5.75 Å². The second-order valence-corrected chi connectivity index (χ2v) is 4.69. The Morgan fingerprint density at radius 3 is 2.82 bits per heavy atom. The average molecular weight is 304 g/mol. The monoisotopic (exact) mass is 303 g/mol. The molecule has 2 nitrogen and oxygen atoms in total. The molecular weight excluding hydrogens is 285 g/mol. The third kappa shape index (κ3) is 6.03. The van der Waals surface area contributed by atoms with Gasteiger partial charge in [-0.15, -0.1) is 0 Å². The minimum absolute atomic E-state index is 0.261. The second-order valence-electron chi connectivity index (χ2n) is 3.84. The quantitative estimate of drug-likeness (QED) is 0.739. The van der Waals surface area contributed by atoms with E-state index >= 15 is 0 Å². The van der Waals surface area contributed by atoms with Gasteiger partial charge in [0.05, 0.1) is 11.1 Å². The molecule has 0 radical (unpaired) electrons. The van der Waals surface area contributed by atoms with Gasteiger partial charge < -0.3 is 10.1 Å². The molecule has 96 valence electrons. The molecule has 0 amide bonds. The molecule has 0 fully saturated rings. The van der Waals surface area contributed by atoms with Gasteiger partial charge in [0.2, 0.25) is 0 Å². The molecule has 0 aliphatic rings. The molecule has 1 aromatic rings. The van der Waals surface area contributed by atoms with Crippen LogP contribution in [-0.4, -0.2) is 19.7 Å². The van der Waals surface area contributed by atoms with Crippen molar-refractivity contribution < 1.29 is 9.13 Å². The van der Waals surface area contributed by atoms with Gasteiger partial charge in [-0.05, 0) is 66.5 Å². The fourth-order valence-corrected chi connectivity index (χ4v) is 1.82. The van der Waals surface area contributed by atoms with Crippen LogP contribution in [0.15, 0.2) is 22.7 Å². The lowest BCUT2D eigenvalue weighted by atomic mass is 10.2. The SMILES string of the molecule is CCNCCCCCOc1ccc(F)c(Br)c1. The molecule has 1 N–H and O–H groups in total. The van der Waals surface area contributed by atoms with E-state index in [2.05, 4.69) is 28.2 Å². The lowest BCUT2D eigenvalue weighted by molar-refractivity contribution is 0.304. The summed E-state index contributed by atoms with van der Waals surface area (Å²) in [6.45, 7) is 4.89. The Balaban J connectivity index is 2.11. The highest BCUT2D eigenvalue weighted by molar-refractivity contribution is 9.10. The van der Waals surface area contributed by atoms with E-state index < -0.39 is 0 Å². The van der Waals surface area contributed by atoms with Crippen LogP contribution in [0.1, 0.15) is 26.2 Å². The van der Waals surface area contributed by atoms with E-state index in [1.165, 1.54) is 12.5 Å². The predicted octanol–water partition coefficient (Wildman–Crippen LogP) is 3.75. The molecule has 0 aliphatic carbocycles. The molecule has 0 unspecified atom stereocenters. The second kappa shape index (κ2) is 8.48. The van der Waals surface area contributed by atoms with Gasteiger partial charge in [0.15, 0.2) is 0 Å². The largest absolute Gasteiger partial charge is 0.494 e. The Kier molecular flexibility index (Phi) is 7.21. The van der Waals surface area contributed by atoms with Gasteiger partial charge in [-0.3, -0.25) is 0 Å². The number of ether oxygens (including phenoxy) is 1. The first-order valence-electron chi connectivity index (χ1n) is 6.02. The van der Waals surface area contributed by atoms with Crippen LogP contribution in [-0.2, 0) is 0 Å². The van der Waals surface area contributed by atoms with Gasteiger partial charge in [-0.25, -0.2) is 4.39 Å². The number of benzene rings is 1. The maximum atomic E-state index is 13.0. The zero-order valence-corrected chi connectivity index (χ0v) is 11.7. The summed E-state index contributed by atoms with van der Waals surface area (Å²) in [5.41, 5.74) is 0. The van der Waals surface area contributed by atoms with E-state index in [1.54, 1.807) is 12.1 Å². The van der Waals surface area contributed by atoms with E-state index in [4.69, 9.17) is 4.74 Å². The molecule has 0 bridgehead atoms. The van der Waals surface area contributed by atoms with Crippen molar-refractivity contribution >= 4 is 15.9 Å². The van der Waals surface area contributed by atoms with E-state index in [1.807, 2.05) is 0 Å². The van der Waals surface area contributed by atoms with E-state index in [0.29, 0.717) is 16.8 Å². The standard InChI is InChI=1S/C13H19BrFNO/c1-2-16-8-4-3-5-9-17-11-6-7-13(15)12(14)10-11/h6-7,10,16H,2-5,8-9H2,1H3. The zero-order valence-electron chi connectivity index (χ0n) is 10.1. The van der Waals surface area contributed by atoms with E-state index in [0.717, 1.165) is 25.9 Å². The van der Waals surface area contributed by atoms with Gasteiger partial charge in [0.25, 0.3) is 0 Å². The molecule has 0 atom stereocenters. The van der Waals surface area contributed by atoms with E-state index in [-0.39, 0.29) is 5.82 Å². The molecule has 1 rings (SSSR count). The Morgan fingerprint density at radius 2 is 2.12 bits per heavy atom. The molecule has 0 aromatic heterocycles. The van der Waals surface area contributed by atoms with Crippen molar-refractivity contribution in [3.63, 3.8) is 0 Å². The Labute approximate surface area is 111 Å². The van der Waals surface area contributed by atoms with E-state index in [9.17, 15) is 4.39 Å². The van der Waals surface area contributed by atoms with Crippen LogP contribution < -0.4 is 10.1 Å². The maximum Gasteiger partial charge on any atom is 0.137 e. The molecule has 0 aliphatic heterocycles. The number of rotatable bonds is 8. The fraction of sp³-hybridized carbons (Fsp3) is 0.538. The first-order valence-corrected chi connectivity index (χ1v) is 6.82. The molecule has 1 aromatic carbocycles. The molecule has 0 spiro atoms. The lowest BCUT2D eigenvalue weighted by Gasteiger charge is -2.07. The first-order chi connectivity index (χ1) is 8.24. The van der Waals surface area contributed by atoms with Crippen LogP contribution in [0.3, 0.4) is 0 Å². The Bertz CT molecular complexity index is 333. The first kappa shape index (κ1) is 14.5. The summed E-state index contributed by atoms with van der Waals surface area (Å²) in [5.74, 6) is 0.452. The highest BCUT2D eigenvalue weighted by atomic mass is 79.9. The number of halogens is 2. The minimum Gasteiger partial charge on any atom is -0.494 e. The Morgan fingerprint density at radius 1 is 1.29 bits per heavy atom. The summed E-state index contributed by atoms with van der Waals surface area (Å²) < 4.78 is 18.9. The summed E-state index contributed by atoms with van der Waals surface area (Å²) >= 11 is 3.13. The van der Waals surface area contributed by atoms with Gasteiger partial charge in [-0.2, -0.15) is 0 Å². The number of nitrogens with one attached hydrogen (secondary N) is 1. The van der Waals surface area contributed by atoms with Crippen molar-refractivity contribution in [2.45, 2.75) is 26.2 Å². The van der Waals surface area contributed by atoms with Crippen LogP contribution >= 0.6 is 15.9 Å². The summed E-state index contributed by atoms with van der Waals surface area (Å²) in [6.07, 6.45) is 3.35. The van der Waals surface area contributed by atoms with Gasteiger partial charge in [0, 0.05) is 0 Å². The van der Waals surface area contributed by atoms with Crippen molar-refractivity contribution in [2.75, 3.05) is 19.7 Å². The topological polar surface area (TPSA) is 21.3 Å². The third-order valence-corrected chi connectivity index (χ3v) is 3.02. The predicted molar refractivity (Wildman–Crippen MR) is 72.0 cm³/mol. The third-order valence-electron chi connectivity index (χ3n) is 2.41. The summed E-state index contributed by atoms with van der Waals surface area (Å²) in [6, 6.07) is 4.72. The number of hydrogen-bond donors (Lipinski definition) is 1. The number of hydrogen-bond acceptors (Lipinski definition) is 2. The Hall–Kier alpha value is -0.610. The van der Waals surface area contributed by atoms with Crippen LogP contribution in [0.2, 0.25) is 0 Å². The molecule has 0 saturated carbocycles. The minimum atomic E-state index is -0.261. The van der Waals surface area contributed by atoms with Crippen molar-refractivity contribution in [3.8, 4) is 5.75 Å². The highest BCUT2D eigenvalue weighted by Crippen LogP contribution is 2.21. The molecule has 17 heavy (non-hydrogen) atoms. The normalized spacial score (nSPS) is 10.5. The van der Waals surface area contributed by atoms with Crippen molar-refractivity contribution in [1.82, 2.24) is 5.32 Å². The fourth-order valence-electron chi connectivity index (χ4n) is 1.46. The van der Waals surface area contributed by atoms with Crippen molar-refractivity contribution in [3.05, 3.63) is 28.5 Å². The summed E-state index contributed by atoms with van der Waals surface area (Å²) in [5, 5.41) is 3.28. The van der Waals surface area contributed by atoms with Crippen LogP contribution in [0.25, 0.3) is 0 Å². The molecule has 0 saturated heterocycles.